The third-order valence-electron chi connectivity index (χ3n) is 4.83. The molecule has 0 amide bonds. The number of benzene rings is 1. The molecule has 2 heterocycles. The molecular weight excluding hydrogens is 479 g/mol. The lowest BCUT2D eigenvalue weighted by Crippen LogP contribution is -2.13. The minimum absolute atomic E-state index is 0.136. The van der Waals surface area contributed by atoms with Gasteiger partial charge in [-0.3, -0.25) is 4.68 Å². The third kappa shape index (κ3) is 4.14. The monoisotopic (exact) mass is 495 g/mol. The van der Waals surface area contributed by atoms with Gasteiger partial charge in [-0.25, -0.2) is 14.8 Å². The van der Waals surface area contributed by atoms with Crippen molar-refractivity contribution in [2.75, 3.05) is 11.9 Å². The molecule has 1 aliphatic carbocycles. The van der Waals surface area contributed by atoms with E-state index in [9.17, 15) is 18.0 Å². The molecule has 1 N–H and O–H groups in total. The van der Waals surface area contributed by atoms with Crippen LogP contribution in [0.25, 0.3) is 11.4 Å². The minimum Gasteiger partial charge on any atom is -0.461 e. The zero-order valence-electron chi connectivity index (χ0n) is 16.5. The maximum absolute atomic E-state index is 13.1. The van der Waals surface area contributed by atoms with Crippen molar-refractivity contribution in [3.63, 3.8) is 0 Å². The average molecular weight is 496 g/mol. The van der Waals surface area contributed by atoms with Crippen molar-refractivity contribution < 1.29 is 22.7 Å². The van der Waals surface area contributed by atoms with Crippen molar-refractivity contribution in [1.29, 1.82) is 0 Å². The second kappa shape index (κ2) is 7.95. The number of ether oxygens (including phenoxy) is 1. The van der Waals surface area contributed by atoms with Crippen molar-refractivity contribution in [1.82, 2.24) is 19.7 Å². The highest BCUT2D eigenvalue weighted by molar-refractivity contribution is 9.10. The standard InChI is InChI=1S/C20H17BrF3N5O2/c1-3-31-18(30)16-14-5-4-10-9-25-19(27-15(10)17(14)29(2)28-16)26-13-7-11(20(22,23)24)6-12(21)8-13/h6-9H,3-5H2,1-2H3,(H,25,26,27). The first-order chi connectivity index (χ1) is 14.7. The lowest BCUT2D eigenvalue weighted by molar-refractivity contribution is -0.137. The van der Waals surface area contributed by atoms with Crippen LogP contribution in [0.5, 0.6) is 0 Å². The van der Waals surface area contributed by atoms with E-state index >= 15 is 0 Å². The minimum atomic E-state index is -4.48. The number of nitrogens with zero attached hydrogens (tertiary/aromatic N) is 4. The van der Waals surface area contributed by atoms with Gasteiger partial charge in [-0.1, -0.05) is 15.9 Å². The van der Waals surface area contributed by atoms with Gasteiger partial charge in [0, 0.05) is 29.0 Å². The Labute approximate surface area is 183 Å². The van der Waals surface area contributed by atoms with Crippen LogP contribution in [0.1, 0.15) is 34.1 Å². The van der Waals surface area contributed by atoms with Crippen LogP contribution >= 0.6 is 15.9 Å². The summed E-state index contributed by atoms with van der Waals surface area (Å²) in [6.07, 6.45) is -1.66. The zero-order valence-corrected chi connectivity index (χ0v) is 18.1. The molecule has 4 rings (SSSR count). The van der Waals surface area contributed by atoms with E-state index in [1.807, 2.05) is 0 Å². The molecule has 0 spiro atoms. The fourth-order valence-electron chi connectivity index (χ4n) is 3.53. The summed E-state index contributed by atoms with van der Waals surface area (Å²) in [6, 6.07) is 3.49. The summed E-state index contributed by atoms with van der Waals surface area (Å²) in [7, 11) is 1.70. The molecule has 0 unspecified atom stereocenters. The number of halogens is 4. The molecule has 31 heavy (non-hydrogen) atoms. The van der Waals surface area contributed by atoms with E-state index in [1.54, 1.807) is 24.9 Å². The lowest BCUT2D eigenvalue weighted by atomic mass is 9.93. The topological polar surface area (TPSA) is 81.9 Å². The van der Waals surface area contributed by atoms with E-state index in [0.717, 1.165) is 23.3 Å². The Bertz CT molecular complexity index is 1180. The molecular formula is C20H17BrF3N5O2. The number of hydrogen-bond donors (Lipinski definition) is 1. The van der Waals surface area contributed by atoms with Crippen LogP contribution in [0.4, 0.5) is 24.8 Å². The van der Waals surface area contributed by atoms with Gasteiger partial charge in [-0.15, -0.1) is 0 Å². The number of rotatable bonds is 4. The summed E-state index contributed by atoms with van der Waals surface area (Å²) in [5.41, 5.74) is 2.49. The van der Waals surface area contributed by atoms with Crippen LogP contribution < -0.4 is 5.32 Å². The number of esters is 1. The molecule has 11 heteroatoms. The molecule has 0 fully saturated rings. The van der Waals surface area contributed by atoms with Gasteiger partial charge >= 0.3 is 12.1 Å². The normalized spacial score (nSPS) is 12.8. The Morgan fingerprint density at radius 3 is 2.77 bits per heavy atom. The van der Waals surface area contributed by atoms with E-state index < -0.39 is 17.7 Å². The number of carbonyl (C=O) groups is 1. The molecule has 0 saturated heterocycles. The molecule has 0 radical (unpaired) electrons. The zero-order chi connectivity index (χ0) is 22.3. The van der Waals surface area contributed by atoms with Crippen molar-refractivity contribution in [2.24, 2.45) is 7.05 Å². The Balaban J connectivity index is 1.72. The number of aromatic nitrogens is 4. The van der Waals surface area contributed by atoms with Gasteiger partial charge in [0.25, 0.3) is 0 Å². The van der Waals surface area contributed by atoms with Gasteiger partial charge in [0.05, 0.1) is 23.6 Å². The number of hydrogen-bond acceptors (Lipinski definition) is 6. The second-order valence-electron chi connectivity index (χ2n) is 6.94. The van der Waals surface area contributed by atoms with Crippen LogP contribution in [-0.2, 0) is 30.8 Å². The quantitative estimate of drug-likeness (QED) is 0.529. The van der Waals surface area contributed by atoms with Crippen molar-refractivity contribution in [2.45, 2.75) is 25.9 Å². The maximum atomic E-state index is 13.1. The van der Waals surface area contributed by atoms with Crippen LogP contribution in [0.2, 0.25) is 0 Å². The van der Waals surface area contributed by atoms with Crippen molar-refractivity contribution in [3.05, 3.63) is 51.3 Å². The molecule has 3 aromatic rings. The summed E-state index contributed by atoms with van der Waals surface area (Å²) >= 11 is 3.10. The number of anilines is 2. The first-order valence-corrected chi connectivity index (χ1v) is 10.2. The Kier molecular flexibility index (Phi) is 5.46. The Morgan fingerprint density at radius 1 is 1.29 bits per heavy atom. The number of nitrogens with one attached hydrogen (secondary N) is 1. The van der Waals surface area contributed by atoms with Crippen LogP contribution in [0, 0.1) is 0 Å². The van der Waals surface area contributed by atoms with Crippen LogP contribution in [0.15, 0.2) is 28.9 Å². The Morgan fingerprint density at radius 2 is 2.06 bits per heavy atom. The molecule has 1 aromatic carbocycles. The van der Waals surface area contributed by atoms with Gasteiger partial charge in [0.1, 0.15) is 0 Å². The Hall–Kier alpha value is -2.95. The van der Waals surface area contributed by atoms with Gasteiger partial charge in [0.2, 0.25) is 5.95 Å². The van der Waals surface area contributed by atoms with Crippen molar-refractivity contribution >= 4 is 33.5 Å². The van der Waals surface area contributed by atoms with Crippen LogP contribution in [0.3, 0.4) is 0 Å². The highest BCUT2D eigenvalue weighted by Gasteiger charge is 2.32. The largest absolute Gasteiger partial charge is 0.461 e. The molecule has 162 valence electrons. The van der Waals surface area contributed by atoms with E-state index in [0.29, 0.717) is 24.2 Å². The molecule has 1 aliphatic rings. The first kappa shape index (κ1) is 21.3. The summed E-state index contributed by atoms with van der Waals surface area (Å²) in [4.78, 5) is 21.0. The fourth-order valence-corrected chi connectivity index (χ4v) is 4.03. The molecule has 0 aliphatic heterocycles. The van der Waals surface area contributed by atoms with E-state index in [-0.39, 0.29) is 28.4 Å². The summed E-state index contributed by atoms with van der Waals surface area (Å²) in [5, 5.41) is 7.14. The summed E-state index contributed by atoms with van der Waals surface area (Å²) in [5.74, 6) is -0.360. The summed E-state index contributed by atoms with van der Waals surface area (Å²) < 4.78 is 46.3. The van der Waals surface area contributed by atoms with Gasteiger partial charge in [-0.2, -0.15) is 18.3 Å². The second-order valence-corrected chi connectivity index (χ2v) is 7.85. The number of carbonyl (C=O) groups excluding carboxylic acids is 1. The highest BCUT2D eigenvalue weighted by atomic mass is 79.9. The molecule has 7 nitrogen and oxygen atoms in total. The summed E-state index contributed by atoms with van der Waals surface area (Å²) in [6.45, 7) is 1.96. The van der Waals surface area contributed by atoms with E-state index in [4.69, 9.17) is 4.74 Å². The lowest BCUT2D eigenvalue weighted by Gasteiger charge is -2.18. The highest BCUT2D eigenvalue weighted by Crippen LogP contribution is 2.36. The molecule has 2 aromatic heterocycles. The predicted octanol–water partition coefficient (Wildman–Crippen LogP) is 4.68. The molecule has 0 atom stereocenters. The van der Waals surface area contributed by atoms with E-state index in [2.05, 4.69) is 36.3 Å². The molecule has 0 bridgehead atoms. The smallest absolute Gasteiger partial charge is 0.416 e. The molecule has 0 saturated carbocycles. The number of fused-ring (bicyclic) bond motifs is 3. The van der Waals surface area contributed by atoms with E-state index in [1.165, 1.54) is 6.07 Å². The number of aryl methyl sites for hydroxylation is 2. The first-order valence-electron chi connectivity index (χ1n) is 9.41. The predicted molar refractivity (Wildman–Crippen MR) is 110 cm³/mol. The van der Waals surface area contributed by atoms with Crippen LogP contribution in [-0.4, -0.2) is 32.3 Å². The fraction of sp³-hybridized carbons (Fsp3) is 0.300. The van der Waals surface area contributed by atoms with Gasteiger partial charge in [-0.05, 0) is 43.5 Å². The van der Waals surface area contributed by atoms with Gasteiger partial charge in [0.15, 0.2) is 5.69 Å². The third-order valence-corrected chi connectivity index (χ3v) is 5.29. The number of alkyl halides is 3. The average Bonchev–Trinajstić information content (AvgIpc) is 3.04. The van der Waals surface area contributed by atoms with Crippen molar-refractivity contribution in [3.8, 4) is 11.4 Å². The van der Waals surface area contributed by atoms with Gasteiger partial charge < -0.3 is 10.1 Å². The maximum Gasteiger partial charge on any atom is 0.416 e. The SMILES string of the molecule is CCOC(=O)c1nn(C)c2c1CCc1cnc(Nc3cc(Br)cc(C(F)(F)F)c3)nc1-2.